The van der Waals surface area contributed by atoms with Crippen LogP contribution in [0.3, 0.4) is 0 Å². The first-order chi connectivity index (χ1) is 11.5. The first-order valence-corrected chi connectivity index (χ1v) is 7.63. The van der Waals surface area contributed by atoms with Crippen molar-refractivity contribution in [3.05, 3.63) is 43.0 Å². The van der Waals surface area contributed by atoms with Crippen molar-refractivity contribution < 1.29 is 19.5 Å². The van der Waals surface area contributed by atoms with E-state index in [9.17, 15) is 14.4 Å². The molecular weight excluding hydrogens is 310 g/mol. The molecule has 2 amide bonds. The number of nitrogens with one attached hydrogen (secondary N) is 1. The molecule has 2 N–H and O–H groups in total. The predicted octanol–water partition coefficient (Wildman–Crippen LogP) is 1.71. The number of para-hydroxylation sites is 1. The lowest BCUT2D eigenvalue weighted by Crippen LogP contribution is -2.46. The van der Waals surface area contributed by atoms with Crippen LogP contribution in [0.5, 0.6) is 0 Å². The molecule has 2 rings (SSSR count). The summed E-state index contributed by atoms with van der Waals surface area (Å²) in [5.74, 6) is -1.89. The van der Waals surface area contributed by atoms with Crippen LogP contribution in [0.1, 0.15) is 25.7 Å². The van der Waals surface area contributed by atoms with Crippen molar-refractivity contribution in [1.82, 2.24) is 5.32 Å². The smallest absolute Gasteiger partial charge is 0.326 e. The minimum atomic E-state index is -1.11. The maximum atomic E-state index is 12.3. The number of carbonyl (C=O) groups excluding carboxylic acids is 2. The highest BCUT2D eigenvalue weighted by molar-refractivity contribution is 6.40. The number of hydrogen-bond acceptors (Lipinski definition) is 4. The average molecular weight is 329 g/mol. The fraction of sp³-hybridized carbons (Fsp3) is 0.294. The summed E-state index contributed by atoms with van der Waals surface area (Å²) in [6, 6.07) is 7.76. The van der Waals surface area contributed by atoms with E-state index >= 15 is 0 Å². The van der Waals surface area contributed by atoms with Gasteiger partial charge in [0.25, 0.3) is 5.91 Å². The topological polar surface area (TPSA) is 99.1 Å². The normalized spacial score (nSPS) is 15.4. The van der Waals surface area contributed by atoms with E-state index in [2.05, 4.69) is 17.0 Å². The molecule has 1 aromatic carbocycles. The minimum Gasteiger partial charge on any atom is -0.480 e. The summed E-state index contributed by atoms with van der Waals surface area (Å²) in [5, 5.41) is 16.9. The van der Waals surface area contributed by atoms with Gasteiger partial charge < -0.3 is 10.4 Å². The molecule has 0 radical (unpaired) electrons. The summed E-state index contributed by atoms with van der Waals surface area (Å²) in [5.41, 5.74) is 0.706. The summed E-state index contributed by atoms with van der Waals surface area (Å²) < 4.78 is 0. The number of amides is 2. The van der Waals surface area contributed by atoms with Crippen LogP contribution >= 0.6 is 0 Å². The van der Waals surface area contributed by atoms with Gasteiger partial charge >= 0.3 is 5.97 Å². The van der Waals surface area contributed by atoms with Crippen LogP contribution in [0.15, 0.2) is 48.1 Å². The number of carboxylic acids is 1. The number of benzene rings is 1. The van der Waals surface area contributed by atoms with Crippen LogP contribution in [0.2, 0.25) is 0 Å². The van der Waals surface area contributed by atoms with Gasteiger partial charge in [-0.2, -0.15) is 5.10 Å². The Hall–Kier alpha value is -2.96. The van der Waals surface area contributed by atoms with Gasteiger partial charge in [-0.15, -0.1) is 6.58 Å². The summed E-state index contributed by atoms with van der Waals surface area (Å²) >= 11 is 0. The van der Waals surface area contributed by atoms with E-state index in [1.807, 2.05) is 6.07 Å². The van der Waals surface area contributed by atoms with Gasteiger partial charge in [0, 0.05) is 12.8 Å². The number of nitrogens with zero attached hydrogens (tertiary/aromatic N) is 2. The largest absolute Gasteiger partial charge is 0.480 e. The first kappa shape index (κ1) is 17.4. The number of anilines is 1. The van der Waals surface area contributed by atoms with Crippen LogP contribution in [0, 0.1) is 0 Å². The van der Waals surface area contributed by atoms with E-state index in [0.717, 1.165) is 0 Å². The van der Waals surface area contributed by atoms with Crippen molar-refractivity contribution in [2.24, 2.45) is 5.10 Å². The van der Waals surface area contributed by atoms with E-state index in [4.69, 9.17) is 5.11 Å². The highest BCUT2D eigenvalue weighted by atomic mass is 16.4. The number of carboxylic acid groups (broad SMARTS) is 1. The van der Waals surface area contributed by atoms with E-state index in [0.29, 0.717) is 12.1 Å². The Balaban J connectivity index is 2.14. The SMILES string of the molecule is C=CCCC(NC(=O)C1=NN(c2ccccc2)C(=O)CC1)C(=O)O. The van der Waals surface area contributed by atoms with Crippen LogP contribution in [0.4, 0.5) is 5.69 Å². The maximum absolute atomic E-state index is 12.3. The standard InChI is InChI=1S/C17H19N3O4/c1-2-3-9-14(17(23)24)18-16(22)13-10-11-15(21)20(19-13)12-7-5-4-6-8-12/h2,4-8,14H,1,3,9-11H2,(H,18,22)(H,23,24). The van der Waals surface area contributed by atoms with Crippen molar-refractivity contribution in [2.75, 3.05) is 5.01 Å². The summed E-state index contributed by atoms with van der Waals surface area (Å²) in [6.07, 6.45) is 2.64. The van der Waals surface area contributed by atoms with E-state index in [1.165, 1.54) is 5.01 Å². The van der Waals surface area contributed by atoms with Gasteiger partial charge in [0.1, 0.15) is 11.8 Å². The quantitative estimate of drug-likeness (QED) is 0.744. The number of hydrazone groups is 1. The van der Waals surface area contributed by atoms with Crippen molar-refractivity contribution >= 4 is 29.2 Å². The van der Waals surface area contributed by atoms with Crippen molar-refractivity contribution in [3.63, 3.8) is 0 Å². The molecule has 1 aliphatic heterocycles. The Labute approximate surface area is 139 Å². The molecule has 0 fully saturated rings. The third kappa shape index (κ3) is 4.28. The van der Waals surface area contributed by atoms with Crippen LogP contribution in [-0.2, 0) is 14.4 Å². The third-order valence-electron chi connectivity index (χ3n) is 3.56. The lowest BCUT2D eigenvalue weighted by Gasteiger charge is -2.23. The molecule has 1 aliphatic rings. The number of carbonyl (C=O) groups is 3. The monoisotopic (exact) mass is 329 g/mol. The Bertz CT molecular complexity index is 670. The third-order valence-corrected chi connectivity index (χ3v) is 3.56. The second-order valence-electron chi connectivity index (χ2n) is 5.32. The molecule has 0 spiro atoms. The molecule has 0 saturated carbocycles. The maximum Gasteiger partial charge on any atom is 0.326 e. The fourth-order valence-electron chi connectivity index (χ4n) is 2.27. The second-order valence-corrected chi connectivity index (χ2v) is 5.32. The Kier molecular flexibility index (Phi) is 5.83. The van der Waals surface area contributed by atoms with Crippen LogP contribution in [0.25, 0.3) is 0 Å². The van der Waals surface area contributed by atoms with E-state index < -0.39 is 17.9 Å². The molecule has 0 aromatic heterocycles. The highest BCUT2D eigenvalue weighted by Gasteiger charge is 2.28. The number of rotatable bonds is 7. The van der Waals surface area contributed by atoms with E-state index in [-0.39, 0.29) is 30.9 Å². The average Bonchev–Trinajstić information content (AvgIpc) is 2.59. The molecule has 1 heterocycles. The summed E-state index contributed by atoms with van der Waals surface area (Å²) in [4.78, 5) is 35.5. The number of allylic oxidation sites excluding steroid dienone is 1. The molecule has 0 bridgehead atoms. The van der Waals surface area contributed by atoms with Gasteiger partial charge in [-0.25, -0.2) is 9.80 Å². The second kappa shape index (κ2) is 8.05. The van der Waals surface area contributed by atoms with Gasteiger partial charge in [0.15, 0.2) is 0 Å². The molecular formula is C17H19N3O4. The lowest BCUT2D eigenvalue weighted by molar-refractivity contribution is -0.141. The molecule has 1 unspecified atom stereocenters. The van der Waals surface area contributed by atoms with Crippen LogP contribution < -0.4 is 10.3 Å². The molecule has 24 heavy (non-hydrogen) atoms. The number of hydrogen-bond donors (Lipinski definition) is 2. The van der Waals surface area contributed by atoms with Gasteiger partial charge in [0.05, 0.1) is 5.69 Å². The molecule has 1 atom stereocenters. The predicted molar refractivity (Wildman–Crippen MR) is 89.6 cm³/mol. The number of aliphatic carboxylic acids is 1. The van der Waals surface area contributed by atoms with Gasteiger partial charge in [-0.3, -0.25) is 9.59 Å². The van der Waals surface area contributed by atoms with Crippen molar-refractivity contribution in [1.29, 1.82) is 0 Å². The molecule has 126 valence electrons. The fourth-order valence-corrected chi connectivity index (χ4v) is 2.27. The molecule has 0 aliphatic carbocycles. The van der Waals surface area contributed by atoms with E-state index in [1.54, 1.807) is 30.3 Å². The highest BCUT2D eigenvalue weighted by Crippen LogP contribution is 2.19. The van der Waals surface area contributed by atoms with Crippen molar-refractivity contribution in [3.8, 4) is 0 Å². The Morgan fingerprint density at radius 1 is 1.33 bits per heavy atom. The zero-order valence-corrected chi connectivity index (χ0v) is 13.1. The molecule has 0 saturated heterocycles. The summed E-state index contributed by atoms with van der Waals surface area (Å²) in [7, 11) is 0. The first-order valence-electron chi connectivity index (χ1n) is 7.63. The molecule has 7 nitrogen and oxygen atoms in total. The van der Waals surface area contributed by atoms with Gasteiger partial charge in [0.2, 0.25) is 5.91 Å². The Morgan fingerprint density at radius 2 is 2.04 bits per heavy atom. The van der Waals surface area contributed by atoms with Crippen molar-refractivity contribution in [2.45, 2.75) is 31.7 Å². The van der Waals surface area contributed by atoms with Gasteiger partial charge in [-0.05, 0) is 25.0 Å². The zero-order chi connectivity index (χ0) is 17.5. The molecule has 7 heteroatoms. The molecule has 1 aromatic rings. The summed E-state index contributed by atoms with van der Waals surface area (Å²) in [6.45, 7) is 3.54. The zero-order valence-electron chi connectivity index (χ0n) is 13.1. The van der Waals surface area contributed by atoms with Gasteiger partial charge in [-0.1, -0.05) is 24.3 Å². The lowest BCUT2D eigenvalue weighted by atomic mass is 10.1. The van der Waals surface area contributed by atoms with Crippen LogP contribution in [-0.4, -0.2) is 34.6 Å². The minimum absolute atomic E-state index is 0.142. The Morgan fingerprint density at radius 3 is 2.67 bits per heavy atom.